The standard InChI is InChI=1S/C17H23NO3/c1-13-16(17(20)21-13)18-15(19)12-8-3-2-5-9-14-10-6-4-7-11-14/h4,6-7,10-11,13,16H,2-3,5,8-9,12H2,1H3,(H,18,19)/t13-,16+/m0/s1. The van der Waals surface area contributed by atoms with E-state index in [2.05, 4.69) is 29.6 Å². The average molecular weight is 289 g/mol. The number of rotatable bonds is 8. The molecule has 0 aliphatic carbocycles. The van der Waals surface area contributed by atoms with Gasteiger partial charge in [0, 0.05) is 6.42 Å². The van der Waals surface area contributed by atoms with Crippen molar-refractivity contribution in [2.45, 2.75) is 57.6 Å². The number of amides is 1. The highest BCUT2D eigenvalue weighted by Crippen LogP contribution is 2.14. The van der Waals surface area contributed by atoms with Crippen molar-refractivity contribution in [2.75, 3.05) is 0 Å². The first-order valence-corrected chi connectivity index (χ1v) is 7.70. The van der Waals surface area contributed by atoms with Crippen LogP contribution in [-0.4, -0.2) is 24.0 Å². The highest BCUT2D eigenvalue weighted by atomic mass is 16.6. The predicted octanol–water partition coefficient (Wildman–Crippen LogP) is 2.61. The van der Waals surface area contributed by atoms with E-state index in [1.165, 1.54) is 5.56 Å². The molecule has 21 heavy (non-hydrogen) atoms. The molecule has 0 bridgehead atoms. The molecule has 0 radical (unpaired) electrons. The molecule has 4 nitrogen and oxygen atoms in total. The average Bonchev–Trinajstić information content (AvgIpc) is 2.49. The molecule has 1 saturated heterocycles. The molecule has 1 aliphatic heterocycles. The van der Waals surface area contributed by atoms with Crippen LogP contribution in [0.4, 0.5) is 0 Å². The maximum Gasteiger partial charge on any atom is 0.332 e. The number of hydrogen-bond acceptors (Lipinski definition) is 3. The number of nitrogens with one attached hydrogen (secondary N) is 1. The van der Waals surface area contributed by atoms with E-state index < -0.39 is 6.04 Å². The molecule has 0 saturated carbocycles. The van der Waals surface area contributed by atoms with E-state index in [4.69, 9.17) is 4.74 Å². The lowest BCUT2D eigenvalue weighted by atomic mass is 10.0. The van der Waals surface area contributed by atoms with E-state index in [9.17, 15) is 9.59 Å². The third-order valence-electron chi connectivity index (χ3n) is 3.80. The van der Waals surface area contributed by atoms with Crippen LogP contribution in [0.5, 0.6) is 0 Å². The van der Waals surface area contributed by atoms with E-state index in [0.29, 0.717) is 6.42 Å². The Morgan fingerprint density at radius 1 is 1.14 bits per heavy atom. The van der Waals surface area contributed by atoms with E-state index in [-0.39, 0.29) is 18.0 Å². The molecule has 1 aromatic carbocycles. The molecule has 0 spiro atoms. The van der Waals surface area contributed by atoms with E-state index in [1.807, 2.05) is 6.07 Å². The summed E-state index contributed by atoms with van der Waals surface area (Å²) in [5.41, 5.74) is 1.37. The molecule has 1 heterocycles. The van der Waals surface area contributed by atoms with Crippen LogP contribution in [0.25, 0.3) is 0 Å². The molecular formula is C17H23NO3. The second-order valence-electron chi connectivity index (χ2n) is 5.59. The van der Waals surface area contributed by atoms with Crippen molar-refractivity contribution in [1.82, 2.24) is 5.32 Å². The third-order valence-corrected chi connectivity index (χ3v) is 3.80. The summed E-state index contributed by atoms with van der Waals surface area (Å²) in [5, 5.41) is 2.72. The molecule has 1 aromatic rings. The van der Waals surface area contributed by atoms with Gasteiger partial charge in [0.25, 0.3) is 0 Å². The summed E-state index contributed by atoms with van der Waals surface area (Å²) < 4.78 is 4.80. The maximum absolute atomic E-state index is 11.7. The smallest absolute Gasteiger partial charge is 0.332 e. The number of cyclic esters (lactones) is 1. The lowest BCUT2D eigenvalue weighted by molar-refractivity contribution is -0.176. The van der Waals surface area contributed by atoms with E-state index in [0.717, 1.165) is 32.1 Å². The minimum atomic E-state index is -0.435. The van der Waals surface area contributed by atoms with Gasteiger partial charge in [0.05, 0.1) is 0 Å². The zero-order chi connectivity index (χ0) is 15.1. The lowest BCUT2D eigenvalue weighted by Gasteiger charge is -2.32. The van der Waals surface area contributed by atoms with Crippen molar-refractivity contribution in [1.29, 1.82) is 0 Å². The van der Waals surface area contributed by atoms with Crippen molar-refractivity contribution in [2.24, 2.45) is 0 Å². The van der Waals surface area contributed by atoms with Gasteiger partial charge in [-0.3, -0.25) is 4.79 Å². The highest BCUT2D eigenvalue weighted by molar-refractivity contribution is 5.88. The number of hydrogen-bond donors (Lipinski definition) is 1. The number of carbonyl (C=O) groups excluding carboxylic acids is 2. The summed E-state index contributed by atoms with van der Waals surface area (Å²) in [7, 11) is 0. The Hall–Kier alpha value is -1.84. The van der Waals surface area contributed by atoms with Crippen LogP contribution in [-0.2, 0) is 20.7 Å². The van der Waals surface area contributed by atoms with Gasteiger partial charge in [-0.1, -0.05) is 43.2 Å². The summed E-state index contributed by atoms with van der Waals surface area (Å²) in [6, 6.07) is 10.0. The molecular weight excluding hydrogens is 266 g/mol. The van der Waals surface area contributed by atoms with Crippen LogP contribution in [0.15, 0.2) is 30.3 Å². The molecule has 1 N–H and O–H groups in total. The van der Waals surface area contributed by atoms with Gasteiger partial charge in [0.2, 0.25) is 5.91 Å². The van der Waals surface area contributed by atoms with Gasteiger partial charge >= 0.3 is 5.97 Å². The minimum Gasteiger partial charge on any atom is -0.458 e. The maximum atomic E-state index is 11.7. The van der Waals surface area contributed by atoms with Gasteiger partial charge in [-0.05, 0) is 31.7 Å². The topological polar surface area (TPSA) is 55.4 Å². The molecule has 1 amide bonds. The minimum absolute atomic E-state index is 0.0495. The summed E-state index contributed by atoms with van der Waals surface area (Å²) in [6.07, 6.45) is 5.59. The number of unbranched alkanes of at least 4 members (excludes halogenated alkanes) is 3. The van der Waals surface area contributed by atoms with Gasteiger partial charge in [0.15, 0.2) is 6.04 Å². The summed E-state index contributed by atoms with van der Waals surface area (Å²) in [5.74, 6) is -0.370. The van der Waals surface area contributed by atoms with Crippen LogP contribution >= 0.6 is 0 Å². The first-order valence-electron chi connectivity index (χ1n) is 7.70. The SMILES string of the molecule is C[C@@H]1OC(=O)[C@@H]1NC(=O)CCCCCCc1ccccc1. The van der Waals surface area contributed by atoms with E-state index >= 15 is 0 Å². The number of benzene rings is 1. The molecule has 0 aromatic heterocycles. The predicted molar refractivity (Wildman–Crippen MR) is 80.7 cm³/mol. The number of carbonyl (C=O) groups is 2. The molecule has 1 fully saturated rings. The molecule has 0 unspecified atom stereocenters. The van der Waals surface area contributed by atoms with E-state index in [1.54, 1.807) is 6.92 Å². The van der Waals surface area contributed by atoms with Gasteiger partial charge in [-0.15, -0.1) is 0 Å². The Morgan fingerprint density at radius 3 is 2.52 bits per heavy atom. The monoisotopic (exact) mass is 289 g/mol. The van der Waals surface area contributed by atoms with Gasteiger partial charge in [0.1, 0.15) is 6.10 Å². The Bertz CT molecular complexity index is 472. The summed E-state index contributed by atoms with van der Waals surface area (Å²) >= 11 is 0. The fourth-order valence-electron chi connectivity index (χ4n) is 2.48. The van der Waals surface area contributed by atoms with Crippen molar-refractivity contribution in [3.05, 3.63) is 35.9 Å². The second-order valence-corrected chi connectivity index (χ2v) is 5.59. The van der Waals surface area contributed by atoms with Gasteiger partial charge < -0.3 is 10.1 Å². The van der Waals surface area contributed by atoms with Crippen molar-refractivity contribution < 1.29 is 14.3 Å². The Kier molecular flexibility index (Phi) is 5.78. The Labute approximate surface area is 125 Å². The molecule has 1 aliphatic rings. The van der Waals surface area contributed by atoms with Crippen LogP contribution < -0.4 is 5.32 Å². The fourth-order valence-corrected chi connectivity index (χ4v) is 2.48. The normalized spacial score (nSPS) is 20.5. The quantitative estimate of drug-likeness (QED) is 0.591. The van der Waals surface area contributed by atoms with Gasteiger partial charge in [-0.25, -0.2) is 4.79 Å². The van der Waals surface area contributed by atoms with Crippen molar-refractivity contribution >= 4 is 11.9 Å². The van der Waals surface area contributed by atoms with Crippen LogP contribution in [0.1, 0.15) is 44.6 Å². The number of esters is 1. The first kappa shape index (κ1) is 15.5. The number of aryl methyl sites for hydroxylation is 1. The van der Waals surface area contributed by atoms with Crippen LogP contribution in [0.2, 0.25) is 0 Å². The van der Waals surface area contributed by atoms with Crippen molar-refractivity contribution in [3.63, 3.8) is 0 Å². The van der Waals surface area contributed by atoms with Crippen molar-refractivity contribution in [3.8, 4) is 0 Å². The Morgan fingerprint density at radius 2 is 1.86 bits per heavy atom. The lowest BCUT2D eigenvalue weighted by Crippen LogP contribution is -2.58. The first-order chi connectivity index (χ1) is 10.2. The van der Waals surface area contributed by atoms with Crippen LogP contribution in [0, 0.1) is 0 Å². The highest BCUT2D eigenvalue weighted by Gasteiger charge is 2.39. The zero-order valence-corrected chi connectivity index (χ0v) is 12.5. The largest absolute Gasteiger partial charge is 0.458 e. The molecule has 4 heteroatoms. The zero-order valence-electron chi connectivity index (χ0n) is 12.5. The number of ether oxygens (including phenoxy) is 1. The molecule has 2 atom stereocenters. The summed E-state index contributed by atoms with van der Waals surface area (Å²) in [4.78, 5) is 22.8. The van der Waals surface area contributed by atoms with Gasteiger partial charge in [-0.2, -0.15) is 0 Å². The third kappa shape index (κ3) is 4.88. The fraction of sp³-hybridized carbons (Fsp3) is 0.529. The second kappa shape index (κ2) is 7.81. The molecule has 2 rings (SSSR count). The summed E-state index contributed by atoms with van der Waals surface area (Å²) in [6.45, 7) is 1.79. The van der Waals surface area contributed by atoms with Crippen LogP contribution in [0.3, 0.4) is 0 Å². The molecule has 114 valence electrons. The Balaban J connectivity index is 1.50.